The van der Waals surface area contributed by atoms with Crippen LogP contribution in [0.25, 0.3) is 0 Å². The molecule has 3 aliphatic rings. The van der Waals surface area contributed by atoms with Gasteiger partial charge < -0.3 is 45.5 Å². The number of hydrogen-bond acceptors (Lipinski definition) is 14. The second kappa shape index (κ2) is 14.2. The van der Waals surface area contributed by atoms with E-state index in [0.717, 1.165) is 11.5 Å². The average molecular weight is 657 g/mol. The van der Waals surface area contributed by atoms with Gasteiger partial charge in [0.2, 0.25) is 0 Å². The average Bonchev–Trinajstić information content (AvgIpc) is 3.34. The first-order chi connectivity index (χ1) is 21.3. The van der Waals surface area contributed by atoms with Crippen LogP contribution in [-0.4, -0.2) is 97.6 Å². The zero-order valence-electron chi connectivity index (χ0n) is 26.5. The molecule has 15 nitrogen and oxygen atoms in total. The highest BCUT2D eigenvalue weighted by Crippen LogP contribution is 2.41. The van der Waals surface area contributed by atoms with Crippen molar-refractivity contribution < 1.29 is 47.5 Å². The summed E-state index contributed by atoms with van der Waals surface area (Å²) >= 11 is 0. The first-order valence-electron chi connectivity index (χ1n) is 14.5. The quantitative estimate of drug-likeness (QED) is 0.284. The fraction of sp³-hybridized carbons (Fsp3) is 0.621. The molecular formula is C29H42F2N6O9. The molecule has 6 N–H and O–H groups in total. The smallest absolute Gasteiger partial charge is 0.351 e. The van der Waals surface area contributed by atoms with Crippen molar-refractivity contribution in [2.45, 2.75) is 89.8 Å². The topological polar surface area (TPSA) is 214 Å². The second-order valence-corrected chi connectivity index (χ2v) is 12.0. The van der Waals surface area contributed by atoms with Crippen molar-refractivity contribution >= 4 is 23.6 Å². The predicted molar refractivity (Wildman–Crippen MR) is 160 cm³/mol. The summed E-state index contributed by atoms with van der Waals surface area (Å²) in [5, 5.41) is 18.6. The Kier molecular flexibility index (Phi) is 11.3. The first kappa shape index (κ1) is 36.5. The molecule has 0 radical (unpaired) electrons. The lowest BCUT2D eigenvalue weighted by Crippen LogP contribution is -2.50. The molecule has 0 spiro atoms. The van der Waals surface area contributed by atoms with Crippen molar-refractivity contribution in [3.05, 3.63) is 47.4 Å². The van der Waals surface area contributed by atoms with Crippen molar-refractivity contribution in [2.24, 2.45) is 22.6 Å². The summed E-state index contributed by atoms with van der Waals surface area (Å²) in [4.78, 5) is 44.4. The minimum Gasteiger partial charge on any atom is -0.463 e. The van der Waals surface area contributed by atoms with Gasteiger partial charge in [-0.3, -0.25) is 14.2 Å². The van der Waals surface area contributed by atoms with E-state index < -0.39 is 78.4 Å². The van der Waals surface area contributed by atoms with Gasteiger partial charge in [0.15, 0.2) is 29.9 Å². The SMILES string of the molecule is C=C1N=C(N)C=CN1[C@@H]1O[C@H](COC(=O)C(C)C)[C@H](OC(=O)C(C)C)C1(C)F.CC1(F)[C@@H](O)[C@@H](CO)O[C@H]1n1ccc(N)nc1=O. The number of nitrogen functional groups attached to an aromatic ring is 1. The van der Waals surface area contributed by atoms with Crippen LogP contribution in [0.3, 0.4) is 0 Å². The Morgan fingerprint density at radius 1 is 1.09 bits per heavy atom. The lowest BCUT2D eigenvalue weighted by atomic mass is 9.97. The Balaban J connectivity index is 0.000000275. The molecule has 1 aromatic heterocycles. The van der Waals surface area contributed by atoms with E-state index in [1.54, 1.807) is 27.7 Å². The minimum atomic E-state index is -2.21. The third kappa shape index (κ3) is 7.71. The lowest BCUT2D eigenvalue weighted by Gasteiger charge is -2.34. The zero-order chi connectivity index (χ0) is 34.7. The van der Waals surface area contributed by atoms with Crippen LogP contribution >= 0.6 is 0 Å². The number of hydrogen-bond donors (Lipinski definition) is 4. The number of halogens is 2. The van der Waals surface area contributed by atoms with Gasteiger partial charge in [-0.25, -0.2) is 18.6 Å². The molecule has 3 aliphatic heterocycles. The molecule has 2 unspecified atom stereocenters. The standard InChI is InChI=1S/C19H28FN3O5.C10H14FN3O4/c1-10(2)16(24)26-9-13-15(28-17(25)11(3)4)19(6,20)18(27-13)23-8-7-14(21)22-12(23)5;1-10(11)7(16)5(4-15)18-8(10)14-3-2-6(12)13-9(14)17/h7-8,10-11,13,15,18H,5,9H2,1-4,6H3,(H2,21,22);2-3,5,7-8,15-16H,4H2,1H3,(H2,12,13,17)/t13-,15+,18-,19?;5-,7+,8-,10?/m11/s1. The third-order valence-corrected chi connectivity index (χ3v) is 7.47. The van der Waals surface area contributed by atoms with Crippen LogP contribution in [0, 0.1) is 11.8 Å². The molecular weight excluding hydrogens is 614 g/mol. The molecule has 2 saturated heterocycles. The summed E-state index contributed by atoms with van der Waals surface area (Å²) in [7, 11) is 0. The summed E-state index contributed by atoms with van der Waals surface area (Å²) in [6, 6.07) is 1.32. The van der Waals surface area contributed by atoms with E-state index in [2.05, 4.69) is 16.6 Å². The van der Waals surface area contributed by atoms with Crippen molar-refractivity contribution in [3.63, 3.8) is 0 Å². The van der Waals surface area contributed by atoms with E-state index >= 15 is 4.39 Å². The molecule has 8 atom stereocenters. The van der Waals surface area contributed by atoms with Gasteiger partial charge in [-0.05, 0) is 26.0 Å². The monoisotopic (exact) mass is 656 g/mol. The highest BCUT2D eigenvalue weighted by Gasteiger charge is 2.60. The van der Waals surface area contributed by atoms with Gasteiger partial charge in [-0.1, -0.05) is 34.3 Å². The van der Waals surface area contributed by atoms with E-state index in [0.29, 0.717) is 0 Å². The molecule has 2 fully saturated rings. The van der Waals surface area contributed by atoms with Gasteiger partial charge in [0.1, 0.15) is 42.4 Å². The van der Waals surface area contributed by atoms with Crippen LogP contribution in [0.1, 0.15) is 47.8 Å². The van der Waals surface area contributed by atoms with E-state index in [9.17, 15) is 23.9 Å². The summed E-state index contributed by atoms with van der Waals surface area (Å²) in [5.41, 5.74) is 5.83. The maximum Gasteiger partial charge on any atom is 0.351 e. The summed E-state index contributed by atoms with van der Waals surface area (Å²) in [5.74, 6) is -1.42. The Labute approximate surface area is 264 Å². The van der Waals surface area contributed by atoms with Gasteiger partial charge in [-0.2, -0.15) is 4.98 Å². The molecule has 1 aromatic rings. The fourth-order valence-corrected chi connectivity index (χ4v) is 4.79. The second-order valence-electron chi connectivity index (χ2n) is 12.0. The van der Waals surface area contributed by atoms with E-state index in [1.807, 2.05) is 0 Å². The lowest BCUT2D eigenvalue weighted by molar-refractivity contribution is -0.165. The summed E-state index contributed by atoms with van der Waals surface area (Å²) in [6.45, 7) is 12.0. The Hall–Kier alpha value is -3.93. The largest absolute Gasteiger partial charge is 0.463 e. The van der Waals surface area contributed by atoms with Gasteiger partial charge in [0, 0.05) is 12.4 Å². The minimum absolute atomic E-state index is 0.00839. The number of aliphatic imine (C=N–C) groups is 1. The molecule has 17 heteroatoms. The number of carbonyl (C=O) groups excluding carboxylic acids is 2. The maximum absolute atomic E-state index is 15.8. The zero-order valence-corrected chi connectivity index (χ0v) is 26.5. The number of rotatable bonds is 8. The van der Waals surface area contributed by atoms with Crippen LogP contribution in [0.2, 0.25) is 0 Å². The van der Waals surface area contributed by atoms with E-state index in [1.165, 1.54) is 36.4 Å². The van der Waals surface area contributed by atoms with E-state index in [-0.39, 0.29) is 30.0 Å². The van der Waals surface area contributed by atoms with Crippen molar-refractivity contribution in [1.29, 1.82) is 0 Å². The number of aromatic nitrogens is 2. The number of nitrogens with two attached hydrogens (primary N) is 2. The normalized spacial score (nSPS) is 32.3. The number of ether oxygens (including phenoxy) is 4. The van der Waals surface area contributed by atoms with Crippen LogP contribution in [0.4, 0.5) is 14.6 Å². The molecule has 46 heavy (non-hydrogen) atoms. The van der Waals surface area contributed by atoms with Crippen molar-refractivity contribution in [2.75, 3.05) is 18.9 Å². The highest BCUT2D eigenvalue weighted by molar-refractivity contribution is 5.92. The summed E-state index contributed by atoms with van der Waals surface area (Å²) in [6.07, 6.45) is -3.23. The Morgan fingerprint density at radius 3 is 2.22 bits per heavy atom. The number of anilines is 1. The Bertz CT molecular complexity index is 1410. The highest BCUT2D eigenvalue weighted by atomic mass is 19.1. The third-order valence-electron chi connectivity index (χ3n) is 7.47. The molecule has 4 rings (SSSR count). The van der Waals surface area contributed by atoms with E-state index in [4.69, 9.17) is 35.5 Å². The molecule has 0 aliphatic carbocycles. The van der Waals surface area contributed by atoms with Gasteiger partial charge in [0.05, 0.1) is 18.4 Å². The van der Waals surface area contributed by atoms with Gasteiger partial charge in [-0.15, -0.1) is 0 Å². The molecule has 256 valence electrons. The van der Waals surface area contributed by atoms with Gasteiger partial charge >= 0.3 is 17.6 Å². The van der Waals surface area contributed by atoms with Crippen LogP contribution in [-0.2, 0) is 28.5 Å². The number of alkyl halides is 2. The number of aliphatic hydroxyl groups excluding tert-OH is 2. The van der Waals surface area contributed by atoms with Crippen LogP contribution < -0.4 is 17.2 Å². The number of nitrogens with zero attached hydrogens (tertiary/aromatic N) is 4. The first-order valence-corrected chi connectivity index (χ1v) is 14.5. The van der Waals surface area contributed by atoms with Gasteiger partial charge in [0.25, 0.3) is 0 Å². The van der Waals surface area contributed by atoms with Crippen molar-refractivity contribution in [3.8, 4) is 0 Å². The molecule has 0 saturated carbocycles. The maximum atomic E-state index is 15.8. The van der Waals surface area contributed by atoms with Crippen LogP contribution in [0.5, 0.6) is 0 Å². The molecule has 0 aromatic carbocycles. The predicted octanol–water partition coefficient (Wildman–Crippen LogP) is 0.669. The number of carbonyl (C=O) groups is 2. The number of esters is 2. The fourth-order valence-electron chi connectivity index (χ4n) is 4.79. The number of amidine groups is 1. The van der Waals surface area contributed by atoms with Crippen LogP contribution in [0.15, 0.2) is 46.7 Å². The molecule has 0 bridgehead atoms. The van der Waals surface area contributed by atoms with Crippen molar-refractivity contribution in [1.82, 2.24) is 14.5 Å². The molecule has 4 heterocycles. The number of aliphatic hydroxyl groups is 2. The molecule has 0 amide bonds. The Morgan fingerprint density at radius 2 is 1.70 bits per heavy atom. The summed E-state index contributed by atoms with van der Waals surface area (Å²) < 4.78 is 52.7.